The van der Waals surface area contributed by atoms with E-state index >= 15 is 0 Å². The highest BCUT2D eigenvalue weighted by Crippen LogP contribution is 2.24. The molecule has 0 atom stereocenters. The summed E-state index contributed by atoms with van der Waals surface area (Å²) in [7, 11) is 0. The Morgan fingerprint density at radius 1 is 1.30 bits per heavy atom. The second-order valence-corrected chi connectivity index (χ2v) is 3.52. The van der Waals surface area contributed by atoms with E-state index in [1.165, 1.54) is 11.8 Å². The van der Waals surface area contributed by atoms with Crippen molar-refractivity contribution in [2.75, 3.05) is 11.5 Å². The Morgan fingerprint density at radius 2 is 1.90 bits per heavy atom. The van der Waals surface area contributed by atoms with Gasteiger partial charge in [-0.15, -0.1) is 0 Å². The van der Waals surface area contributed by atoms with Crippen LogP contribution < -0.4 is 0 Å². The second-order valence-electron chi connectivity index (χ2n) is 2.24. The predicted octanol–water partition coefficient (Wildman–Crippen LogP) is 3.17. The van der Waals surface area contributed by atoms with Gasteiger partial charge in [0.1, 0.15) is 0 Å². The summed E-state index contributed by atoms with van der Waals surface area (Å²) in [5.41, 5.74) is 0. The molecule has 0 aliphatic heterocycles. The molecule has 0 aliphatic carbocycles. The van der Waals surface area contributed by atoms with Gasteiger partial charge in [-0.25, -0.2) is 8.78 Å². The molecule has 0 aromatic carbocycles. The summed E-state index contributed by atoms with van der Waals surface area (Å²) in [5, 5.41) is 0. The van der Waals surface area contributed by atoms with E-state index in [4.69, 9.17) is 0 Å². The molecule has 62 valence electrons. The molecule has 3 heteroatoms. The van der Waals surface area contributed by atoms with Gasteiger partial charge in [-0.1, -0.05) is 20.3 Å². The van der Waals surface area contributed by atoms with Gasteiger partial charge in [0, 0.05) is 6.42 Å². The van der Waals surface area contributed by atoms with Crippen LogP contribution in [0.25, 0.3) is 0 Å². The van der Waals surface area contributed by atoms with Crippen molar-refractivity contribution >= 4 is 11.8 Å². The standard InChI is InChI=1S/C7H14F2S/c1-3-5-7(8,9)6-10-4-2/h3-6H2,1-2H3. The number of hydrogen-bond acceptors (Lipinski definition) is 1. The molecule has 0 unspecified atom stereocenters. The first-order valence-electron chi connectivity index (χ1n) is 3.58. The van der Waals surface area contributed by atoms with Crippen LogP contribution in [0.5, 0.6) is 0 Å². The zero-order valence-corrected chi connectivity index (χ0v) is 7.31. The van der Waals surface area contributed by atoms with Gasteiger partial charge in [0.05, 0.1) is 5.75 Å². The number of halogens is 2. The molecule has 0 aromatic rings. The van der Waals surface area contributed by atoms with Crippen LogP contribution in [0, 0.1) is 0 Å². The van der Waals surface area contributed by atoms with Crippen LogP contribution in [-0.2, 0) is 0 Å². The van der Waals surface area contributed by atoms with Crippen molar-refractivity contribution in [3.63, 3.8) is 0 Å². The van der Waals surface area contributed by atoms with Crippen molar-refractivity contribution in [2.45, 2.75) is 32.6 Å². The maximum Gasteiger partial charge on any atom is 0.257 e. The molecule has 0 rings (SSSR count). The van der Waals surface area contributed by atoms with E-state index < -0.39 is 5.92 Å². The summed E-state index contributed by atoms with van der Waals surface area (Å²) in [6, 6.07) is 0. The van der Waals surface area contributed by atoms with E-state index in [-0.39, 0.29) is 12.2 Å². The van der Waals surface area contributed by atoms with Crippen LogP contribution >= 0.6 is 11.8 Å². The molecule has 0 heterocycles. The highest BCUT2D eigenvalue weighted by atomic mass is 32.2. The van der Waals surface area contributed by atoms with E-state index in [1.54, 1.807) is 6.92 Å². The fourth-order valence-electron chi connectivity index (χ4n) is 0.689. The Morgan fingerprint density at radius 3 is 2.30 bits per heavy atom. The molecule has 0 radical (unpaired) electrons. The largest absolute Gasteiger partial charge is 0.257 e. The van der Waals surface area contributed by atoms with Crippen LogP contribution in [0.3, 0.4) is 0 Å². The number of hydrogen-bond donors (Lipinski definition) is 0. The van der Waals surface area contributed by atoms with Gasteiger partial charge in [0.15, 0.2) is 0 Å². The summed E-state index contributed by atoms with van der Waals surface area (Å²) < 4.78 is 25.2. The van der Waals surface area contributed by atoms with E-state index in [9.17, 15) is 8.78 Å². The lowest BCUT2D eigenvalue weighted by atomic mass is 10.2. The lowest BCUT2D eigenvalue weighted by molar-refractivity contribution is 0.0177. The third-order valence-electron chi connectivity index (χ3n) is 1.13. The molecule has 0 saturated heterocycles. The van der Waals surface area contributed by atoms with E-state index in [1.807, 2.05) is 6.92 Å². The summed E-state index contributed by atoms with van der Waals surface area (Å²) in [6.07, 6.45) is 0.595. The molecule has 0 amide bonds. The topological polar surface area (TPSA) is 0 Å². The van der Waals surface area contributed by atoms with Crippen molar-refractivity contribution in [1.29, 1.82) is 0 Å². The van der Waals surface area contributed by atoms with Gasteiger partial charge < -0.3 is 0 Å². The lowest BCUT2D eigenvalue weighted by Gasteiger charge is -2.13. The van der Waals surface area contributed by atoms with Crippen molar-refractivity contribution in [1.82, 2.24) is 0 Å². The number of alkyl halides is 2. The second kappa shape index (κ2) is 4.94. The fraction of sp³-hybridized carbons (Fsp3) is 1.00. The molecule has 0 fully saturated rings. The van der Waals surface area contributed by atoms with Crippen LogP contribution in [0.4, 0.5) is 8.78 Å². The Balaban J connectivity index is 3.42. The van der Waals surface area contributed by atoms with Gasteiger partial charge in [-0.05, 0) is 5.75 Å². The third-order valence-corrected chi connectivity index (χ3v) is 2.17. The third kappa shape index (κ3) is 5.03. The SMILES string of the molecule is CCCC(F)(F)CSCC. The van der Waals surface area contributed by atoms with Gasteiger partial charge in [0.2, 0.25) is 0 Å². The Kier molecular flexibility index (Phi) is 5.04. The van der Waals surface area contributed by atoms with Gasteiger partial charge in [-0.3, -0.25) is 0 Å². The molecule has 10 heavy (non-hydrogen) atoms. The minimum absolute atomic E-state index is 0.0165. The molecular weight excluding hydrogens is 154 g/mol. The molecule has 0 N–H and O–H groups in total. The lowest BCUT2D eigenvalue weighted by Crippen LogP contribution is -2.18. The number of thioether (sulfide) groups is 1. The smallest absolute Gasteiger partial charge is 0.206 e. The first kappa shape index (κ1) is 10.2. The Hall–Kier alpha value is 0.210. The summed E-state index contributed by atoms with van der Waals surface area (Å²) in [5.74, 6) is -1.67. The molecule has 0 saturated carbocycles. The summed E-state index contributed by atoms with van der Waals surface area (Å²) in [4.78, 5) is 0. The Bertz CT molecular complexity index is 83.7. The normalized spacial score (nSPS) is 12.0. The van der Waals surface area contributed by atoms with Crippen molar-refractivity contribution in [2.24, 2.45) is 0 Å². The predicted molar refractivity (Wildman–Crippen MR) is 42.9 cm³/mol. The van der Waals surface area contributed by atoms with E-state index in [0.717, 1.165) is 5.75 Å². The molecule has 0 nitrogen and oxygen atoms in total. The van der Waals surface area contributed by atoms with Gasteiger partial charge >= 0.3 is 0 Å². The van der Waals surface area contributed by atoms with E-state index in [2.05, 4.69) is 0 Å². The highest BCUT2D eigenvalue weighted by Gasteiger charge is 2.26. The molecule has 0 spiro atoms. The highest BCUT2D eigenvalue weighted by molar-refractivity contribution is 7.99. The molecule has 0 aliphatic rings. The average molecular weight is 168 g/mol. The van der Waals surface area contributed by atoms with E-state index in [0.29, 0.717) is 6.42 Å². The summed E-state index contributed by atoms with van der Waals surface area (Å²) >= 11 is 1.30. The van der Waals surface area contributed by atoms with Crippen molar-refractivity contribution in [3.8, 4) is 0 Å². The Labute approximate surface area is 65.4 Å². The summed E-state index contributed by atoms with van der Waals surface area (Å²) in [6.45, 7) is 3.68. The van der Waals surface area contributed by atoms with Crippen LogP contribution in [0.15, 0.2) is 0 Å². The maximum absolute atomic E-state index is 12.6. The maximum atomic E-state index is 12.6. The minimum atomic E-state index is -2.44. The van der Waals surface area contributed by atoms with Crippen LogP contribution in [0.1, 0.15) is 26.7 Å². The van der Waals surface area contributed by atoms with Gasteiger partial charge in [-0.2, -0.15) is 11.8 Å². The van der Waals surface area contributed by atoms with Gasteiger partial charge in [0.25, 0.3) is 5.92 Å². The minimum Gasteiger partial charge on any atom is -0.206 e. The quantitative estimate of drug-likeness (QED) is 0.607. The first-order chi connectivity index (χ1) is 4.62. The molecular formula is C7H14F2S. The first-order valence-corrected chi connectivity index (χ1v) is 4.73. The van der Waals surface area contributed by atoms with Crippen LogP contribution in [-0.4, -0.2) is 17.4 Å². The zero-order valence-electron chi connectivity index (χ0n) is 6.49. The van der Waals surface area contributed by atoms with Crippen LogP contribution in [0.2, 0.25) is 0 Å². The monoisotopic (exact) mass is 168 g/mol. The molecule has 0 bridgehead atoms. The molecule has 0 aromatic heterocycles. The number of rotatable bonds is 5. The zero-order chi connectivity index (χ0) is 8.04. The van der Waals surface area contributed by atoms with Crippen molar-refractivity contribution < 1.29 is 8.78 Å². The van der Waals surface area contributed by atoms with Crippen molar-refractivity contribution in [3.05, 3.63) is 0 Å². The average Bonchev–Trinajstić information content (AvgIpc) is 1.84. The fourth-order valence-corrected chi connectivity index (χ4v) is 1.34.